The van der Waals surface area contributed by atoms with Crippen molar-refractivity contribution in [3.63, 3.8) is 0 Å². The van der Waals surface area contributed by atoms with Gasteiger partial charge in [0.1, 0.15) is 0 Å². The van der Waals surface area contributed by atoms with Crippen molar-refractivity contribution in [2.45, 2.75) is 19.7 Å². The van der Waals surface area contributed by atoms with Gasteiger partial charge in [0.25, 0.3) is 0 Å². The van der Waals surface area contributed by atoms with Crippen LogP contribution in [-0.2, 0) is 9.53 Å². The Balaban J connectivity index is 0. The Morgan fingerprint density at radius 2 is 2.17 bits per heavy atom. The molecule has 1 unspecified atom stereocenters. The Kier molecular flexibility index (Phi) is 11.5. The number of alkyl halides is 1. The van der Waals surface area contributed by atoms with E-state index in [9.17, 15) is 9.18 Å². The van der Waals surface area contributed by atoms with Crippen molar-refractivity contribution >= 4 is 5.97 Å². The third-order valence-corrected chi connectivity index (χ3v) is 0.732. The molecule has 1 atom stereocenters. The number of esters is 1. The van der Waals surface area contributed by atoms with Crippen LogP contribution in [0.2, 0.25) is 0 Å². The van der Waals surface area contributed by atoms with Gasteiger partial charge in [-0.15, -0.1) is 0 Å². The standard InChI is InChI=1S/C6H9FO2.C2H7N/c1-3-5(7)9-6(8)4-2;1-3-2/h4-5H,2-3H2,1H3;3H,1-2H3. The van der Waals surface area contributed by atoms with E-state index in [0.29, 0.717) is 0 Å². The number of ether oxygens (including phenoxy) is 1. The molecule has 72 valence electrons. The van der Waals surface area contributed by atoms with Gasteiger partial charge in [-0.2, -0.15) is 0 Å². The number of rotatable bonds is 3. The summed E-state index contributed by atoms with van der Waals surface area (Å²) >= 11 is 0. The van der Waals surface area contributed by atoms with Crippen molar-refractivity contribution in [2.24, 2.45) is 0 Å². The minimum atomic E-state index is -1.49. The van der Waals surface area contributed by atoms with Crippen molar-refractivity contribution in [1.82, 2.24) is 5.32 Å². The molecule has 0 aliphatic heterocycles. The van der Waals surface area contributed by atoms with Crippen LogP contribution >= 0.6 is 0 Å². The molecule has 0 rings (SSSR count). The van der Waals surface area contributed by atoms with E-state index in [1.807, 2.05) is 14.1 Å². The van der Waals surface area contributed by atoms with E-state index in [1.165, 1.54) is 0 Å². The average Bonchev–Trinajstić information content (AvgIpc) is 2.05. The van der Waals surface area contributed by atoms with Crippen LogP contribution in [0.5, 0.6) is 0 Å². The van der Waals surface area contributed by atoms with Gasteiger partial charge < -0.3 is 10.1 Å². The van der Waals surface area contributed by atoms with Crippen LogP contribution in [0.15, 0.2) is 12.7 Å². The van der Waals surface area contributed by atoms with E-state index in [1.54, 1.807) is 6.92 Å². The molecule has 0 aromatic heterocycles. The van der Waals surface area contributed by atoms with E-state index in [-0.39, 0.29) is 6.42 Å². The van der Waals surface area contributed by atoms with Gasteiger partial charge in [-0.25, -0.2) is 9.18 Å². The molecular weight excluding hydrogens is 161 g/mol. The first-order valence-electron chi connectivity index (χ1n) is 3.67. The Labute approximate surface area is 72.6 Å². The van der Waals surface area contributed by atoms with Crippen molar-refractivity contribution in [3.8, 4) is 0 Å². The summed E-state index contributed by atoms with van der Waals surface area (Å²) in [5.41, 5.74) is 0. The molecule has 0 heterocycles. The van der Waals surface area contributed by atoms with Crippen molar-refractivity contribution in [1.29, 1.82) is 0 Å². The Morgan fingerprint density at radius 3 is 2.42 bits per heavy atom. The minimum absolute atomic E-state index is 0.180. The van der Waals surface area contributed by atoms with Crippen LogP contribution in [0.1, 0.15) is 13.3 Å². The highest BCUT2D eigenvalue weighted by atomic mass is 19.1. The van der Waals surface area contributed by atoms with Gasteiger partial charge >= 0.3 is 5.97 Å². The van der Waals surface area contributed by atoms with Gasteiger partial charge in [0.05, 0.1) is 0 Å². The Hall–Kier alpha value is -0.900. The Bertz CT molecular complexity index is 128. The van der Waals surface area contributed by atoms with Crippen molar-refractivity contribution in [2.75, 3.05) is 14.1 Å². The second kappa shape index (κ2) is 10.1. The summed E-state index contributed by atoms with van der Waals surface area (Å²) in [5, 5.41) is 2.75. The zero-order chi connectivity index (χ0) is 9.98. The highest BCUT2D eigenvalue weighted by molar-refractivity contribution is 5.81. The number of carbonyl (C=O) groups excluding carboxylic acids is 1. The third-order valence-electron chi connectivity index (χ3n) is 0.732. The fourth-order valence-corrected chi connectivity index (χ4v) is 0.257. The molecule has 1 N–H and O–H groups in total. The van der Waals surface area contributed by atoms with Gasteiger partial charge in [0, 0.05) is 12.5 Å². The fourth-order valence-electron chi connectivity index (χ4n) is 0.257. The highest BCUT2D eigenvalue weighted by Crippen LogP contribution is 1.98. The van der Waals surface area contributed by atoms with E-state index < -0.39 is 12.3 Å². The summed E-state index contributed by atoms with van der Waals surface area (Å²) in [4.78, 5) is 10.2. The lowest BCUT2D eigenvalue weighted by Gasteiger charge is -2.02. The lowest BCUT2D eigenvalue weighted by Crippen LogP contribution is -2.09. The second-order valence-corrected chi connectivity index (χ2v) is 1.96. The molecule has 0 aliphatic rings. The normalized spacial score (nSPS) is 10.7. The topological polar surface area (TPSA) is 38.3 Å². The monoisotopic (exact) mass is 177 g/mol. The first-order chi connectivity index (χ1) is 5.62. The molecule has 0 aliphatic carbocycles. The zero-order valence-electron chi connectivity index (χ0n) is 7.76. The number of carbonyl (C=O) groups is 1. The van der Waals surface area contributed by atoms with Crippen molar-refractivity contribution < 1.29 is 13.9 Å². The number of halogens is 1. The quantitative estimate of drug-likeness (QED) is 0.521. The van der Waals surface area contributed by atoms with E-state index in [0.717, 1.165) is 6.08 Å². The van der Waals surface area contributed by atoms with Crippen LogP contribution in [-0.4, -0.2) is 26.4 Å². The fraction of sp³-hybridized carbons (Fsp3) is 0.625. The molecule has 3 nitrogen and oxygen atoms in total. The maximum atomic E-state index is 12.1. The largest absolute Gasteiger partial charge is 0.428 e. The summed E-state index contributed by atoms with van der Waals surface area (Å²) in [6, 6.07) is 0. The van der Waals surface area contributed by atoms with Gasteiger partial charge in [0.15, 0.2) is 0 Å². The molecule has 12 heavy (non-hydrogen) atoms. The summed E-state index contributed by atoms with van der Waals surface area (Å²) in [7, 11) is 3.75. The maximum absolute atomic E-state index is 12.1. The summed E-state index contributed by atoms with van der Waals surface area (Å²) in [6.45, 7) is 4.69. The second-order valence-electron chi connectivity index (χ2n) is 1.96. The summed E-state index contributed by atoms with van der Waals surface area (Å²) in [6.07, 6.45) is -0.377. The predicted octanol–water partition coefficient (Wildman–Crippen LogP) is 1.26. The van der Waals surface area contributed by atoms with Crippen molar-refractivity contribution in [3.05, 3.63) is 12.7 Å². The van der Waals surface area contributed by atoms with Gasteiger partial charge in [-0.3, -0.25) is 0 Å². The smallest absolute Gasteiger partial charge is 0.332 e. The number of hydrogen-bond acceptors (Lipinski definition) is 3. The van der Waals surface area contributed by atoms with E-state index in [4.69, 9.17) is 0 Å². The van der Waals surface area contributed by atoms with E-state index >= 15 is 0 Å². The zero-order valence-corrected chi connectivity index (χ0v) is 7.76. The van der Waals surface area contributed by atoms with Crippen LogP contribution in [0.4, 0.5) is 4.39 Å². The van der Waals surface area contributed by atoms with Crippen LogP contribution in [0.25, 0.3) is 0 Å². The average molecular weight is 177 g/mol. The van der Waals surface area contributed by atoms with Crippen LogP contribution in [0, 0.1) is 0 Å². The molecular formula is C8H16FNO2. The summed E-state index contributed by atoms with van der Waals surface area (Å²) in [5.74, 6) is -0.718. The lowest BCUT2D eigenvalue weighted by atomic mass is 10.5. The molecule has 0 aromatic rings. The van der Waals surface area contributed by atoms with Gasteiger partial charge in [0.2, 0.25) is 6.36 Å². The minimum Gasteiger partial charge on any atom is -0.428 e. The number of nitrogens with one attached hydrogen (secondary N) is 1. The van der Waals surface area contributed by atoms with Gasteiger partial charge in [-0.05, 0) is 14.1 Å². The molecule has 0 saturated heterocycles. The molecule has 0 spiro atoms. The van der Waals surface area contributed by atoms with Crippen LogP contribution < -0.4 is 5.32 Å². The molecule has 0 fully saturated rings. The maximum Gasteiger partial charge on any atom is 0.332 e. The predicted molar refractivity (Wildman–Crippen MR) is 46.5 cm³/mol. The first kappa shape index (κ1) is 13.7. The Morgan fingerprint density at radius 1 is 1.75 bits per heavy atom. The highest BCUT2D eigenvalue weighted by Gasteiger charge is 2.05. The molecule has 0 bridgehead atoms. The summed E-state index contributed by atoms with van der Waals surface area (Å²) < 4.78 is 16.2. The molecule has 0 amide bonds. The molecule has 0 saturated carbocycles. The molecule has 0 radical (unpaired) electrons. The molecule has 4 heteroatoms. The first-order valence-corrected chi connectivity index (χ1v) is 3.67. The van der Waals surface area contributed by atoms with Gasteiger partial charge in [-0.1, -0.05) is 13.5 Å². The van der Waals surface area contributed by atoms with Crippen LogP contribution in [0.3, 0.4) is 0 Å². The molecule has 0 aromatic carbocycles. The third kappa shape index (κ3) is 11.8. The lowest BCUT2D eigenvalue weighted by molar-refractivity contribution is -0.151. The van der Waals surface area contributed by atoms with E-state index in [2.05, 4.69) is 16.6 Å². The SMILES string of the molecule is C=CC(=O)OC(F)CC.CNC. The number of hydrogen-bond donors (Lipinski definition) is 1.